The Morgan fingerprint density at radius 2 is 2.25 bits per heavy atom. The molecule has 0 radical (unpaired) electrons. The van der Waals surface area contributed by atoms with Crippen LogP contribution in [0.15, 0.2) is 18.5 Å². The van der Waals surface area contributed by atoms with E-state index < -0.39 is 0 Å². The van der Waals surface area contributed by atoms with Crippen LogP contribution in [-0.4, -0.2) is 23.0 Å². The fraction of sp³-hybridized carbons (Fsp3) is 0.643. The highest BCUT2D eigenvalue weighted by Crippen LogP contribution is 2.32. The van der Waals surface area contributed by atoms with Gasteiger partial charge in [-0.25, -0.2) is 0 Å². The number of hydrogen-bond donors (Lipinski definition) is 0. The van der Waals surface area contributed by atoms with Crippen molar-refractivity contribution in [1.29, 1.82) is 0 Å². The Balaban J connectivity index is 2.13. The zero-order valence-corrected chi connectivity index (χ0v) is 10.6. The Morgan fingerprint density at radius 1 is 1.44 bits per heavy atom. The predicted molar refractivity (Wildman–Crippen MR) is 67.4 cm³/mol. The first-order valence-corrected chi connectivity index (χ1v) is 6.32. The number of aromatic nitrogens is 1. The molecular formula is C14H22N2. The maximum absolute atomic E-state index is 4.32. The molecule has 16 heavy (non-hydrogen) atoms. The quantitative estimate of drug-likeness (QED) is 0.774. The minimum atomic E-state index is 0.606. The molecule has 1 aliphatic heterocycles. The largest absolute Gasteiger partial charge is 0.296 e. The van der Waals surface area contributed by atoms with E-state index in [0.717, 1.165) is 5.92 Å². The summed E-state index contributed by atoms with van der Waals surface area (Å²) in [6.45, 7) is 9.17. The van der Waals surface area contributed by atoms with E-state index in [1.54, 1.807) is 0 Å². The van der Waals surface area contributed by atoms with Gasteiger partial charge in [0.15, 0.2) is 0 Å². The fourth-order valence-electron chi connectivity index (χ4n) is 2.65. The van der Waals surface area contributed by atoms with Crippen LogP contribution in [0.3, 0.4) is 0 Å². The van der Waals surface area contributed by atoms with Gasteiger partial charge in [-0.3, -0.25) is 9.88 Å². The molecule has 0 aliphatic carbocycles. The number of rotatable bonds is 3. The maximum Gasteiger partial charge on any atom is 0.0364 e. The van der Waals surface area contributed by atoms with Crippen molar-refractivity contribution in [1.82, 2.24) is 9.88 Å². The SMILES string of the molecule is Cc1cncc([C@@H]2CCCN2CC(C)C)c1. The molecule has 1 aromatic heterocycles. The van der Waals surface area contributed by atoms with Crippen molar-refractivity contribution in [2.24, 2.45) is 5.92 Å². The molecule has 0 N–H and O–H groups in total. The van der Waals surface area contributed by atoms with Crippen LogP contribution in [0.4, 0.5) is 0 Å². The van der Waals surface area contributed by atoms with Gasteiger partial charge in [0, 0.05) is 25.0 Å². The molecule has 2 heteroatoms. The lowest BCUT2D eigenvalue weighted by atomic mass is 10.0. The third-order valence-electron chi connectivity index (χ3n) is 3.24. The van der Waals surface area contributed by atoms with Crippen molar-refractivity contribution in [2.75, 3.05) is 13.1 Å². The van der Waals surface area contributed by atoms with Gasteiger partial charge in [0.25, 0.3) is 0 Å². The number of nitrogens with zero attached hydrogens (tertiary/aromatic N) is 2. The Morgan fingerprint density at radius 3 is 2.94 bits per heavy atom. The third kappa shape index (κ3) is 2.62. The molecule has 88 valence electrons. The lowest BCUT2D eigenvalue weighted by molar-refractivity contribution is 0.228. The summed E-state index contributed by atoms with van der Waals surface area (Å²) in [5, 5.41) is 0. The third-order valence-corrected chi connectivity index (χ3v) is 3.24. The average molecular weight is 218 g/mol. The molecule has 1 atom stereocenters. The van der Waals surface area contributed by atoms with Crippen LogP contribution in [0.5, 0.6) is 0 Å². The summed E-state index contributed by atoms with van der Waals surface area (Å²) in [4.78, 5) is 6.93. The molecule has 0 unspecified atom stereocenters. The van der Waals surface area contributed by atoms with Crippen molar-refractivity contribution in [3.05, 3.63) is 29.6 Å². The molecule has 1 aliphatic rings. The Hall–Kier alpha value is -0.890. The summed E-state index contributed by atoms with van der Waals surface area (Å²) < 4.78 is 0. The molecule has 0 aromatic carbocycles. The number of aryl methyl sites for hydroxylation is 1. The average Bonchev–Trinajstić information content (AvgIpc) is 2.65. The van der Waals surface area contributed by atoms with Gasteiger partial charge >= 0.3 is 0 Å². The maximum atomic E-state index is 4.32. The van der Waals surface area contributed by atoms with Gasteiger partial charge in [-0.05, 0) is 43.4 Å². The van der Waals surface area contributed by atoms with Crippen molar-refractivity contribution in [3.63, 3.8) is 0 Å². The van der Waals surface area contributed by atoms with Crippen molar-refractivity contribution in [2.45, 2.75) is 39.7 Å². The van der Waals surface area contributed by atoms with Crippen molar-refractivity contribution >= 4 is 0 Å². The van der Waals surface area contributed by atoms with Crippen LogP contribution in [0.2, 0.25) is 0 Å². The van der Waals surface area contributed by atoms with E-state index in [1.165, 1.54) is 37.1 Å². The molecule has 0 bridgehead atoms. The molecule has 0 amide bonds. The Labute approximate surface area is 98.7 Å². The van der Waals surface area contributed by atoms with Gasteiger partial charge in [0.2, 0.25) is 0 Å². The van der Waals surface area contributed by atoms with Crippen molar-refractivity contribution < 1.29 is 0 Å². The summed E-state index contributed by atoms with van der Waals surface area (Å²) in [5.41, 5.74) is 2.67. The second-order valence-corrected chi connectivity index (χ2v) is 5.34. The Bertz CT molecular complexity index is 346. The Kier molecular flexibility index (Phi) is 3.59. The van der Waals surface area contributed by atoms with Gasteiger partial charge in [0.1, 0.15) is 0 Å². The van der Waals surface area contributed by atoms with Crippen LogP contribution >= 0.6 is 0 Å². The van der Waals surface area contributed by atoms with E-state index >= 15 is 0 Å². The van der Waals surface area contributed by atoms with Crippen LogP contribution in [0.25, 0.3) is 0 Å². The summed E-state index contributed by atoms with van der Waals surface area (Å²) in [5.74, 6) is 0.748. The van der Waals surface area contributed by atoms with E-state index in [0.29, 0.717) is 6.04 Å². The van der Waals surface area contributed by atoms with Gasteiger partial charge in [-0.1, -0.05) is 19.9 Å². The predicted octanol–water partition coefficient (Wildman–Crippen LogP) is 3.18. The molecule has 1 aromatic rings. The van der Waals surface area contributed by atoms with Crippen molar-refractivity contribution in [3.8, 4) is 0 Å². The van der Waals surface area contributed by atoms with Gasteiger partial charge in [-0.2, -0.15) is 0 Å². The van der Waals surface area contributed by atoms with E-state index in [2.05, 4.69) is 36.7 Å². The first-order chi connectivity index (χ1) is 7.66. The topological polar surface area (TPSA) is 16.1 Å². The summed E-state index contributed by atoms with van der Waals surface area (Å²) in [7, 11) is 0. The van der Waals surface area contributed by atoms with Gasteiger partial charge < -0.3 is 0 Å². The minimum absolute atomic E-state index is 0.606. The van der Waals surface area contributed by atoms with Crippen LogP contribution < -0.4 is 0 Å². The lowest BCUT2D eigenvalue weighted by Crippen LogP contribution is -2.27. The molecule has 0 spiro atoms. The molecule has 2 heterocycles. The summed E-state index contributed by atoms with van der Waals surface area (Å²) in [6, 6.07) is 2.89. The van der Waals surface area contributed by atoms with Crippen LogP contribution in [0, 0.1) is 12.8 Å². The fourth-order valence-corrected chi connectivity index (χ4v) is 2.65. The monoisotopic (exact) mass is 218 g/mol. The minimum Gasteiger partial charge on any atom is -0.296 e. The zero-order chi connectivity index (χ0) is 11.5. The zero-order valence-electron chi connectivity index (χ0n) is 10.6. The van der Waals surface area contributed by atoms with E-state index in [1.807, 2.05) is 12.4 Å². The molecule has 2 rings (SSSR count). The van der Waals surface area contributed by atoms with Crippen LogP contribution in [0.1, 0.15) is 43.9 Å². The van der Waals surface area contributed by atoms with Crippen LogP contribution in [-0.2, 0) is 0 Å². The van der Waals surface area contributed by atoms with E-state index in [9.17, 15) is 0 Å². The standard InChI is InChI=1S/C14H22N2/c1-11(2)10-16-6-4-5-14(16)13-7-12(3)8-15-9-13/h7-9,11,14H,4-6,10H2,1-3H3/t14-/m0/s1. The highest BCUT2D eigenvalue weighted by Gasteiger charge is 2.26. The van der Waals surface area contributed by atoms with E-state index in [4.69, 9.17) is 0 Å². The van der Waals surface area contributed by atoms with E-state index in [-0.39, 0.29) is 0 Å². The highest BCUT2D eigenvalue weighted by molar-refractivity contribution is 5.21. The molecular weight excluding hydrogens is 196 g/mol. The first-order valence-electron chi connectivity index (χ1n) is 6.32. The smallest absolute Gasteiger partial charge is 0.0364 e. The normalized spacial score (nSPS) is 21.9. The number of pyridine rings is 1. The lowest BCUT2D eigenvalue weighted by Gasteiger charge is -2.26. The summed E-state index contributed by atoms with van der Waals surface area (Å²) in [6.07, 6.45) is 6.59. The number of likely N-dealkylation sites (tertiary alicyclic amines) is 1. The highest BCUT2D eigenvalue weighted by atomic mass is 15.2. The first kappa shape index (κ1) is 11.6. The van der Waals surface area contributed by atoms with Gasteiger partial charge in [-0.15, -0.1) is 0 Å². The second kappa shape index (κ2) is 4.96. The molecule has 2 nitrogen and oxygen atoms in total. The number of hydrogen-bond acceptors (Lipinski definition) is 2. The summed E-state index contributed by atoms with van der Waals surface area (Å²) >= 11 is 0. The molecule has 0 saturated carbocycles. The second-order valence-electron chi connectivity index (χ2n) is 5.34. The molecule has 1 saturated heterocycles. The van der Waals surface area contributed by atoms with Gasteiger partial charge in [0.05, 0.1) is 0 Å². The molecule has 1 fully saturated rings.